The van der Waals surface area contributed by atoms with Gasteiger partial charge in [0.15, 0.2) is 0 Å². The molecule has 0 bridgehead atoms. The van der Waals surface area contributed by atoms with E-state index >= 15 is 0 Å². The molecule has 23 heavy (non-hydrogen) atoms. The molecular weight excluding hydrogens is 294 g/mol. The van der Waals surface area contributed by atoms with Crippen LogP contribution in [0, 0.1) is 0 Å². The van der Waals surface area contributed by atoms with Gasteiger partial charge < -0.3 is 10.2 Å². The number of aliphatic hydroxyl groups is 2. The Morgan fingerprint density at radius 1 is 0.652 bits per heavy atom. The van der Waals surface area contributed by atoms with Gasteiger partial charge in [-0.15, -0.1) is 0 Å². The molecule has 0 saturated carbocycles. The number of rotatable bonds is 15. The number of carbonyl (C=O) groups excluding carboxylic acids is 2. The van der Waals surface area contributed by atoms with Crippen LogP contribution in [0.2, 0.25) is 0 Å². The number of imide groups is 1. The number of aliphatic hydroxyl groups excluding tert-OH is 2. The SMILES string of the molecule is CCCCCCCCCCCCCCN(C(=O)CO)C(=O)CO. The van der Waals surface area contributed by atoms with Crippen molar-refractivity contribution in [1.29, 1.82) is 0 Å². The molecule has 5 heteroatoms. The largest absolute Gasteiger partial charge is 0.387 e. The fourth-order valence-electron chi connectivity index (χ4n) is 2.67. The highest BCUT2D eigenvalue weighted by atomic mass is 16.3. The van der Waals surface area contributed by atoms with Gasteiger partial charge in [-0.2, -0.15) is 0 Å². The van der Waals surface area contributed by atoms with E-state index in [9.17, 15) is 9.59 Å². The Morgan fingerprint density at radius 3 is 1.35 bits per heavy atom. The van der Waals surface area contributed by atoms with E-state index in [0.717, 1.165) is 24.2 Å². The second kappa shape index (κ2) is 15.9. The van der Waals surface area contributed by atoms with E-state index in [-0.39, 0.29) is 6.54 Å². The Kier molecular flexibility index (Phi) is 15.3. The van der Waals surface area contributed by atoms with E-state index in [4.69, 9.17) is 10.2 Å². The van der Waals surface area contributed by atoms with E-state index in [1.807, 2.05) is 0 Å². The maximum absolute atomic E-state index is 11.4. The van der Waals surface area contributed by atoms with Crippen molar-refractivity contribution in [1.82, 2.24) is 4.90 Å². The first-order valence-electron chi connectivity index (χ1n) is 9.22. The highest BCUT2D eigenvalue weighted by molar-refractivity contribution is 5.96. The average molecular weight is 329 g/mol. The summed E-state index contributed by atoms with van der Waals surface area (Å²) in [5.74, 6) is -1.26. The molecule has 0 unspecified atom stereocenters. The quantitative estimate of drug-likeness (QED) is 0.453. The molecule has 0 aliphatic rings. The van der Waals surface area contributed by atoms with Crippen LogP contribution >= 0.6 is 0 Å². The number of unbranched alkanes of at least 4 members (excludes halogenated alkanes) is 11. The van der Waals surface area contributed by atoms with Crippen molar-refractivity contribution in [3.05, 3.63) is 0 Å². The number of amides is 2. The van der Waals surface area contributed by atoms with Crippen molar-refractivity contribution in [2.45, 2.75) is 84.0 Å². The van der Waals surface area contributed by atoms with Gasteiger partial charge in [-0.1, -0.05) is 77.6 Å². The summed E-state index contributed by atoms with van der Waals surface area (Å²) < 4.78 is 0. The van der Waals surface area contributed by atoms with Crippen molar-refractivity contribution in [3.63, 3.8) is 0 Å². The van der Waals surface area contributed by atoms with E-state index in [2.05, 4.69) is 6.92 Å². The van der Waals surface area contributed by atoms with Crippen molar-refractivity contribution < 1.29 is 19.8 Å². The second-order valence-corrected chi connectivity index (χ2v) is 6.14. The van der Waals surface area contributed by atoms with Crippen molar-refractivity contribution in [3.8, 4) is 0 Å². The lowest BCUT2D eigenvalue weighted by Gasteiger charge is -2.18. The number of hydrogen-bond acceptors (Lipinski definition) is 4. The van der Waals surface area contributed by atoms with Gasteiger partial charge >= 0.3 is 0 Å². The van der Waals surface area contributed by atoms with Crippen molar-refractivity contribution in [2.24, 2.45) is 0 Å². The Bertz CT molecular complexity index is 291. The van der Waals surface area contributed by atoms with Gasteiger partial charge in [0.05, 0.1) is 0 Å². The summed E-state index contributed by atoms with van der Waals surface area (Å²) >= 11 is 0. The minimum atomic E-state index is -0.690. The average Bonchev–Trinajstić information content (AvgIpc) is 2.57. The highest BCUT2D eigenvalue weighted by Crippen LogP contribution is 2.12. The molecule has 0 atom stereocenters. The summed E-state index contributed by atoms with van der Waals surface area (Å²) in [6, 6.07) is 0. The molecule has 0 fully saturated rings. The van der Waals surface area contributed by atoms with Crippen molar-refractivity contribution >= 4 is 11.8 Å². The second-order valence-electron chi connectivity index (χ2n) is 6.14. The predicted molar refractivity (Wildman–Crippen MR) is 92.0 cm³/mol. The molecule has 0 aromatic heterocycles. The first kappa shape index (κ1) is 22.1. The first-order valence-corrected chi connectivity index (χ1v) is 9.22. The normalized spacial score (nSPS) is 10.7. The Morgan fingerprint density at radius 2 is 1.00 bits per heavy atom. The van der Waals surface area contributed by atoms with Gasteiger partial charge in [0.2, 0.25) is 0 Å². The molecule has 0 aliphatic heterocycles. The molecule has 0 aliphatic carbocycles. The van der Waals surface area contributed by atoms with Crippen LogP contribution in [0.15, 0.2) is 0 Å². The topological polar surface area (TPSA) is 77.8 Å². The molecule has 2 amide bonds. The van der Waals surface area contributed by atoms with Gasteiger partial charge in [-0.3, -0.25) is 14.5 Å². The highest BCUT2D eigenvalue weighted by Gasteiger charge is 2.18. The molecule has 0 saturated heterocycles. The van der Waals surface area contributed by atoms with Crippen LogP contribution in [0.3, 0.4) is 0 Å². The predicted octanol–water partition coefficient (Wildman–Crippen LogP) is 3.03. The van der Waals surface area contributed by atoms with E-state index < -0.39 is 25.0 Å². The number of carbonyl (C=O) groups is 2. The zero-order valence-electron chi connectivity index (χ0n) is 14.8. The van der Waals surface area contributed by atoms with Crippen molar-refractivity contribution in [2.75, 3.05) is 19.8 Å². The molecule has 0 heterocycles. The fraction of sp³-hybridized carbons (Fsp3) is 0.889. The van der Waals surface area contributed by atoms with Crippen LogP contribution in [0.5, 0.6) is 0 Å². The van der Waals surface area contributed by atoms with E-state index in [0.29, 0.717) is 0 Å². The molecular formula is C18H35NO4. The summed E-state index contributed by atoms with van der Waals surface area (Å²) in [6.07, 6.45) is 14.6. The van der Waals surface area contributed by atoms with Crippen LogP contribution in [0.4, 0.5) is 0 Å². The molecule has 0 aromatic carbocycles. The number of hydrogen-bond donors (Lipinski definition) is 2. The lowest BCUT2D eigenvalue weighted by Crippen LogP contribution is -2.41. The van der Waals surface area contributed by atoms with Gasteiger partial charge in [0.1, 0.15) is 13.2 Å². The maximum atomic E-state index is 11.4. The van der Waals surface area contributed by atoms with Gasteiger partial charge in [-0.25, -0.2) is 0 Å². The first-order chi connectivity index (χ1) is 11.2. The molecule has 5 nitrogen and oxygen atoms in total. The molecule has 2 N–H and O–H groups in total. The Labute approximate surface area is 141 Å². The molecule has 0 spiro atoms. The standard InChI is InChI=1S/C18H35NO4/c1-2-3-4-5-6-7-8-9-10-11-12-13-14-19(17(22)15-20)18(23)16-21/h20-21H,2-16H2,1H3. The molecule has 0 rings (SSSR count). The summed E-state index contributed by atoms with van der Waals surface area (Å²) in [7, 11) is 0. The lowest BCUT2D eigenvalue weighted by molar-refractivity contribution is -0.148. The van der Waals surface area contributed by atoms with E-state index in [1.165, 1.54) is 57.8 Å². The van der Waals surface area contributed by atoms with Crippen LogP contribution in [-0.2, 0) is 9.59 Å². The Hall–Kier alpha value is -0.940. The zero-order valence-corrected chi connectivity index (χ0v) is 14.8. The third-order valence-electron chi connectivity index (χ3n) is 4.11. The van der Waals surface area contributed by atoms with Gasteiger partial charge in [0.25, 0.3) is 11.8 Å². The monoisotopic (exact) mass is 329 g/mol. The summed E-state index contributed by atoms with van der Waals surface area (Å²) in [6.45, 7) is 1.14. The van der Waals surface area contributed by atoms with E-state index in [1.54, 1.807) is 0 Å². The molecule has 136 valence electrons. The summed E-state index contributed by atoms with van der Waals surface area (Å²) in [5, 5.41) is 17.6. The molecule has 0 aromatic rings. The number of nitrogens with zero attached hydrogens (tertiary/aromatic N) is 1. The molecule has 0 radical (unpaired) electrons. The zero-order chi connectivity index (χ0) is 17.3. The fourth-order valence-corrected chi connectivity index (χ4v) is 2.67. The minimum absolute atomic E-state index is 0.288. The minimum Gasteiger partial charge on any atom is -0.387 e. The van der Waals surface area contributed by atoms with Gasteiger partial charge in [0, 0.05) is 6.54 Å². The lowest BCUT2D eigenvalue weighted by atomic mass is 10.1. The third kappa shape index (κ3) is 12.2. The van der Waals surface area contributed by atoms with Crippen LogP contribution in [-0.4, -0.2) is 46.7 Å². The third-order valence-corrected chi connectivity index (χ3v) is 4.11. The van der Waals surface area contributed by atoms with Crippen LogP contribution < -0.4 is 0 Å². The summed E-state index contributed by atoms with van der Waals surface area (Å²) in [4.78, 5) is 23.7. The Balaban J connectivity index is 3.49. The summed E-state index contributed by atoms with van der Waals surface area (Å²) in [5.41, 5.74) is 0. The van der Waals surface area contributed by atoms with Crippen LogP contribution in [0.1, 0.15) is 84.0 Å². The van der Waals surface area contributed by atoms with Gasteiger partial charge in [-0.05, 0) is 6.42 Å². The van der Waals surface area contributed by atoms with Crippen LogP contribution in [0.25, 0.3) is 0 Å². The smallest absolute Gasteiger partial charge is 0.254 e. The maximum Gasteiger partial charge on any atom is 0.254 e.